The minimum Gasteiger partial charge on any atom is -0.356 e. The third kappa shape index (κ3) is 5.56. The van der Waals surface area contributed by atoms with E-state index in [-0.39, 0.29) is 5.91 Å². The molecule has 0 aliphatic rings. The molecule has 0 saturated carbocycles. The first-order valence-electron chi connectivity index (χ1n) is 10.3. The smallest absolute Gasteiger partial charge is 0.220 e. The zero-order valence-electron chi connectivity index (χ0n) is 17.9. The molecule has 0 spiro atoms. The molecule has 2 aromatic heterocycles. The molecule has 3 rings (SSSR count). The second kappa shape index (κ2) is 9.54. The van der Waals surface area contributed by atoms with E-state index in [1.54, 1.807) is 6.20 Å². The molecule has 0 saturated heterocycles. The number of nitrogens with one attached hydrogen (secondary N) is 1. The van der Waals surface area contributed by atoms with Crippen molar-refractivity contribution in [3.8, 4) is 5.69 Å². The van der Waals surface area contributed by atoms with Gasteiger partial charge in [0.05, 0.1) is 11.4 Å². The highest BCUT2D eigenvalue weighted by atomic mass is 16.1. The van der Waals surface area contributed by atoms with Crippen LogP contribution in [0.25, 0.3) is 5.69 Å². The van der Waals surface area contributed by atoms with Crippen LogP contribution in [0.5, 0.6) is 0 Å². The van der Waals surface area contributed by atoms with Gasteiger partial charge in [0, 0.05) is 37.6 Å². The first-order chi connectivity index (χ1) is 13.9. The van der Waals surface area contributed by atoms with Crippen molar-refractivity contribution >= 4 is 5.91 Å². The Hall–Kier alpha value is -2.89. The number of aryl methyl sites for hydroxylation is 1. The molecule has 1 amide bonds. The number of amides is 1. The van der Waals surface area contributed by atoms with E-state index >= 15 is 0 Å². The van der Waals surface area contributed by atoms with Crippen molar-refractivity contribution in [2.75, 3.05) is 6.54 Å². The fourth-order valence-electron chi connectivity index (χ4n) is 3.53. The van der Waals surface area contributed by atoms with Gasteiger partial charge in [-0.15, -0.1) is 0 Å². The highest BCUT2D eigenvalue weighted by Gasteiger charge is 2.13. The molecular weight excluding hydrogens is 362 g/mol. The fraction of sp³-hybridized carbons (Fsp3) is 0.435. The van der Waals surface area contributed by atoms with Crippen molar-refractivity contribution < 1.29 is 4.79 Å². The van der Waals surface area contributed by atoms with Crippen molar-refractivity contribution in [2.24, 2.45) is 5.92 Å². The molecule has 0 unspecified atom stereocenters. The van der Waals surface area contributed by atoms with E-state index in [0.717, 1.165) is 30.8 Å². The maximum Gasteiger partial charge on any atom is 0.220 e. The molecule has 29 heavy (non-hydrogen) atoms. The third-order valence-electron chi connectivity index (χ3n) is 5.11. The number of aromatic nitrogens is 4. The zero-order valence-corrected chi connectivity index (χ0v) is 17.9. The van der Waals surface area contributed by atoms with Crippen LogP contribution in [0.1, 0.15) is 42.8 Å². The molecule has 3 aromatic rings. The Bertz CT molecular complexity index is 923. The topological polar surface area (TPSA) is 64.7 Å². The summed E-state index contributed by atoms with van der Waals surface area (Å²) in [5.41, 5.74) is 5.65. The average Bonchev–Trinajstić information content (AvgIpc) is 3.30. The molecule has 0 bridgehead atoms. The maximum absolute atomic E-state index is 12.3. The van der Waals surface area contributed by atoms with Crippen LogP contribution in [-0.4, -0.2) is 32.0 Å². The number of nitrogens with zero attached hydrogens (tertiary/aromatic N) is 4. The van der Waals surface area contributed by atoms with Gasteiger partial charge in [-0.1, -0.05) is 26.0 Å². The molecule has 0 atom stereocenters. The van der Waals surface area contributed by atoms with E-state index in [0.29, 0.717) is 18.9 Å². The lowest BCUT2D eigenvalue weighted by Crippen LogP contribution is -2.26. The molecular formula is C23H31N5O. The summed E-state index contributed by atoms with van der Waals surface area (Å²) in [5.74, 6) is 0.645. The van der Waals surface area contributed by atoms with Gasteiger partial charge in [0.15, 0.2) is 0 Å². The van der Waals surface area contributed by atoms with Gasteiger partial charge in [-0.05, 0) is 61.9 Å². The molecule has 0 aliphatic heterocycles. The van der Waals surface area contributed by atoms with E-state index < -0.39 is 0 Å². The lowest BCUT2D eigenvalue weighted by Gasteiger charge is -2.09. The first kappa shape index (κ1) is 20.8. The molecule has 6 heteroatoms. The quantitative estimate of drug-likeness (QED) is 0.604. The maximum atomic E-state index is 12.3. The first-order valence-corrected chi connectivity index (χ1v) is 10.3. The molecule has 1 N–H and O–H groups in total. The van der Waals surface area contributed by atoms with E-state index in [1.165, 1.54) is 16.8 Å². The molecule has 0 aliphatic carbocycles. The predicted octanol–water partition coefficient (Wildman–Crippen LogP) is 3.63. The Labute approximate surface area is 172 Å². The summed E-state index contributed by atoms with van der Waals surface area (Å²) in [7, 11) is 0. The minimum absolute atomic E-state index is 0.0913. The number of rotatable bonds is 9. The number of benzene rings is 1. The van der Waals surface area contributed by atoms with Gasteiger partial charge >= 0.3 is 0 Å². The van der Waals surface area contributed by atoms with Crippen LogP contribution in [0.2, 0.25) is 0 Å². The van der Waals surface area contributed by atoms with Gasteiger partial charge in [-0.3, -0.25) is 9.48 Å². The predicted molar refractivity (Wildman–Crippen MR) is 115 cm³/mol. The summed E-state index contributed by atoms with van der Waals surface area (Å²) < 4.78 is 3.90. The van der Waals surface area contributed by atoms with Crippen LogP contribution in [0, 0.1) is 19.8 Å². The summed E-state index contributed by atoms with van der Waals surface area (Å²) >= 11 is 0. The number of carbonyl (C=O) groups is 1. The van der Waals surface area contributed by atoms with Crippen LogP contribution in [-0.2, 0) is 24.2 Å². The van der Waals surface area contributed by atoms with Crippen LogP contribution in [0.15, 0.2) is 42.7 Å². The fourth-order valence-corrected chi connectivity index (χ4v) is 3.53. The SMILES string of the molecule is Cc1nn(CC(C)C)c(C)c1CCC(=O)NCCc1ccc(-n2cccn2)cc1. The summed E-state index contributed by atoms with van der Waals surface area (Å²) in [6.07, 6.45) is 5.73. The largest absolute Gasteiger partial charge is 0.356 e. The summed E-state index contributed by atoms with van der Waals surface area (Å²) in [5, 5.41) is 11.9. The van der Waals surface area contributed by atoms with E-state index in [4.69, 9.17) is 0 Å². The summed E-state index contributed by atoms with van der Waals surface area (Å²) in [6, 6.07) is 10.2. The Morgan fingerprint density at radius 3 is 2.55 bits per heavy atom. The van der Waals surface area contributed by atoms with Crippen molar-refractivity contribution in [1.82, 2.24) is 24.9 Å². The van der Waals surface area contributed by atoms with Crippen molar-refractivity contribution in [1.29, 1.82) is 0 Å². The van der Waals surface area contributed by atoms with Gasteiger partial charge < -0.3 is 5.32 Å². The van der Waals surface area contributed by atoms with Gasteiger partial charge in [-0.25, -0.2) is 4.68 Å². The second-order valence-corrected chi connectivity index (χ2v) is 7.94. The van der Waals surface area contributed by atoms with Gasteiger partial charge in [0.1, 0.15) is 0 Å². The molecule has 0 fully saturated rings. The number of hydrogen-bond donors (Lipinski definition) is 1. The second-order valence-electron chi connectivity index (χ2n) is 7.94. The van der Waals surface area contributed by atoms with Crippen molar-refractivity contribution in [2.45, 2.75) is 53.5 Å². The summed E-state index contributed by atoms with van der Waals surface area (Å²) in [4.78, 5) is 12.3. The highest BCUT2D eigenvalue weighted by molar-refractivity contribution is 5.76. The normalized spacial score (nSPS) is 11.2. The van der Waals surface area contributed by atoms with Crippen LogP contribution >= 0.6 is 0 Å². The number of carbonyl (C=O) groups excluding carboxylic acids is 1. The molecule has 154 valence electrons. The monoisotopic (exact) mass is 393 g/mol. The molecule has 1 aromatic carbocycles. The van der Waals surface area contributed by atoms with E-state index in [9.17, 15) is 4.79 Å². The minimum atomic E-state index is 0.0913. The lowest BCUT2D eigenvalue weighted by molar-refractivity contribution is -0.121. The Kier molecular flexibility index (Phi) is 6.86. The van der Waals surface area contributed by atoms with Gasteiger partial charge in [-0.2, -0.15) is 10.2 Å². The molecule has 2 heterocycles. The number of hydrogen-bond acceptors (Lipinski definition) is 3. The Morgan fingerprint density at radius 2 is 1.90 bits per heavy atom. The molecule has 0 radical (unpaired) electrons. The Balaban J connectivity index is 1.44. The molecule has 6 nitrogen and oxygen atoms in total. The lowest BCUT2D eigenvalue weighted by atomic mass is 10.1. The standard InChI is InChI=1S/C23H31N5O/c1-17(2)16-28-19(4)22(18(3)26-28)10-11-23(29)24-14-12-20-6-8-21(9-7-20)27-15-5-13-25-27/h5-9,13,15,17H,10-12,14,16H2,1-4H3,(H,24,29). The summed E-state index contributed by atoms with van der Waals surface area (Å²) in [6.45, 7) is 10.1. The van der Waals surface area contributed by atoms with Crippen LogP contribution in [0.3, 0.4) is 0 Å². The Morgan fingerprint density at radius 1 is 1.14 bits per heavy atom. The average molecular weight is 394 g/mol. The van der Waals surface area contributed by atoms with Crippen LogP contribution in [0.4, 0.5) is 0 Å². The highest BCUT2D eigenvalue weighted by Crippen LogP contribution is 2.16. The van der Waals surface area contributed by atoms with E-state index in [1.807, 2.05) is 36.0 Å². The van der Waals surface area contributed by atoms with E-state index in [2.05, 4.69) is 53.1 Å². The van der Waals surface area contributed by atoms with Crippen LogP contribution < -0.4 is 5.32 Å². The zero-order chi connectivity index (χ0) is 20.8. The van der Waals surface area contributed by atoms with Crippen molar-refractivity contribution in [3.05, 3.63) is 65.2 Å². The van der Waals surface area contributed by atoms with Crippen molar-refractivity contribution in [3.63, 3.8) is 0 Å². The third-order valence-corrected chi connectivity index (χ3v) is 5.11. The van der Waals surface area contributed by atoms with Gasteiger partial charge in [0.2, 0.25) is 5.91 Å². The van der Waals surface area contributed by atoms with Gasteiger partial charge in [0.25, 0.3) is 0 Å².